The van der Waals surface area contributed by atoms with Crippen LogP contribution in [-0.4, -0.2) is 23.3 Å². The van der Waals surface area contributed by atoms with Gasteiger partial charge in [0.2, 0.25) is 0 Å². The van der Waals surface area contributed by atoms with Crippen molar-refractivity contribution in [1.29, 1.82) is 0 Å². The molecule has 27 heavy (non-hydrogen) atoms. The molecule has 0 aliphatic carbocycles. The Morgan fingerprint density at radius 3 is 2.07 bits per heavy atom. The molecule has 0 saturated heterocycles. The summed E-state index contributed by atoms with van der Waals surface area (Å²) in [5, 5.41) is 1.77. The second kappa shape index (κ2) is 6.52. The van der Waals surface area contributed by atoms with Crippen LogP contribution in [0.15, 0.2) is 36.4 Å². The summed E-state index contributed by atoms with van der Waals surface area (Å²) in [5.74, 6) is 2.24. The Bertz CT molecular complexity index is 842. The third-order valence-corrected chi connectivity index (χ3v) is 13.8. The van der Waals surface area contributed by atoms with E-state index in [2.05, 4.69) is 91.8 Å². The van der Waals surface area contributed by atoms with Crippen molar-refractivity contribution in [2.24, 2.45) is 0 Å². The Hall–Kier alpha value is -1.53. The van der Waals surface area contributed by atoms with E-state index in [4.69, 9.17) is 9.47 Å². The average molecular weight is 387 g/mol. The van der Waals surface area contributed by atoms with Crippen LogP contribution in [0, 0.1) is 6.92 Å². The molecule has 2 aromatic rings. The second-order valence-electron chi connectivity index (χ2n) is 9.90. The van der Waals surface area contributed by atoms with Gasteiger partial charge in [-0.25, -0.2) is 0 Å². The van der Waals surface area contributed by atoms with Crippen LogP contribution >= 0.6 is 7.26 Å². The molecule has 1 unspecified atom stereocenters. The normalized spacial score (nSPS) is 20.0. The van der Waals surface area contributed by atoms with E-state index in [9.17, 15) is 0 Å². The van der Waals surface area contributed by atoms with Crippen molar-refractivity contribution >= 4 is 12.6 Å². The van der Waals surface area contributed by atoms with Gasteiger partial charge in [0.25, 0.3) is 0 Å². The minimum atomic E-state index is -2.12. The maximum atomic E-state index is 6.57. The van der Waals surface area contributed by atoms with Crippen molar-refractivity contribution in [3.8, 4) is 22.6 Å². The Morgan fingerprint density at radius 2 is 1.52 bits per heavy atom. The molecular weight excluding hydrogens is 351 g/mol. The van der Waals surface area contributed by atoms with E-state index in [1.54, 1.807) is 7.11 Å². The van der Waals surface area contributed by atoms with Crippen LogP contribution in [0.1, 0.15) is 54.0 Å². The summed E-state index contributed by atoms with van der Waals surface area (Å²) in [6.45, 7) is 18.9. The van der Waals surface area contributed by atoms with Gasteiger partial charge in [-0.1, -0.05) is 0 Å². The number of methoxy groups -OCH3 is 1. The number of rotatable bonds is 2. The Morgan fingerprint density at radius 1 is 0.926 bits per heavy atom. The summed E-state index contributed by atoms with van der Waals surface area (Å²) in [4.78, 5) is 0. The first-order valence-corrected chi connectivity index (χ1v) is 12.0. The summed E-state index contributed by atoms with van der Waals surface area (Å²) < 4.78 is 12.4. The molecule has 0 fully saturated rings. The van der Waals surface area contributed by atoms with Gasteiger partial charge in [-0.15, -0.1) is 0 Å². The fourth-order valence-corrected chi connectivity index (χ4v) is 14.0. The van der Waals surface area contributed by atoms with Crippen molar-refractivity contribution in [2.45, 2.75) is 71.5 Å². The molecule has 2 aromatic carbocycles. The molecule has 0 spiro atoms. The van der Waals surface area contributed by atoms with Crippen molar-refractivity contribution in [3.63, 3.8) is 0 Å². The van der Waals surface area contributed by atoms with Gasteiger partial charge in [0, 0.05) is 0 Å². The van der Waals surface area contributed by atoms with Gasteiger partial charge in [-0.05, 0) is 0 Å². The third kappa shape index (κ3) is 2.80. The molecule has 2 nitrogen and oxygen atoms in total. The molecule has 1 aliphatic heterocycles. The van der Waals surface area contributed by atoms with E-state index >= 15 is 0 Å². The van der Waals surface area contributed by atoms with Crippen molar-refractivity contribution in [1.82, 2.24) is 0 Å². The molecule has 0 saturated carbocycles. The van der Waals surface area contributed by atoms with Crippen LogP contribution < -0.4 is 14.8 Å². The van der Waals surface area contributed by atoms with Crippen LogP contribution in [0.4, 0.5) is 0 Å². The summed E-state index contributed by atoms with van der Waals surface area (Å²) in [6, 6.07) is 12.9. The van der Waals surface area contributed by atoms with Gasteiger partial charge in [0.1, 0.15) is 0 Å². The molecule has 0 aromatic heterocycles. The topological polar surface area (TPSA) is 18.5 Å². The predicted molar refractivity (Wildman–Crippen MR) is 121 cm³/mol. The molecule has 1 atom stereocenters. The van der Waals surface area contributed by atoms with Crippen LogP contribution in [-0.2, 0) is 0 Å². The molecule has 1 heterocycles. The quantitative estimate of drug-likeness (QED) is 0.558. The van der Waals surface area contributed by atoms with E-state index in [1.165, 1.54) is 22.0 Å². The first-order valence-electron chi connectivity index (χ1n) is 9.91. The predicted octanol–water partition coefficient (Wildman–Crippen LogP) is 6.38. The molecule has 0 bridgehead atoms. The van der Waals surface area contributed by atoms with Crippen molar-refractivity contribution in [3.05, 3.63) is 42.0 Å². The fourth-order valence-electron chi connectivity index (χ4n) is 5.98. The molecule has 0 N–H and O–H groups in total. The summed E-state index contributed by atoms with van der Waals surface area (Å²) in [5.41, 5.74) is 3.75. The number of fused-ring (bicyclic) bond motifs is 1. The Labute approximate surface area is 165 Å². The van der Waals surface area contributed by atoms with E-state index in [-0.39, 0.29) is 16.2 Å². The zero-order chi connectivity index (χ0) is 20.2. The Kier molecular flexibility index (Phi) is 4.88. The maximum absolute atomic E-state index is 6.57. The molecule has 3 rings (SSSR count). The van der Waals surface area contributed by atoms with Gasteiger partial charge in [-0.3, -0.25) is 0 Å². The van der Waals surface area contributed by atoms with Crippen LogP contribution in [0.25, 0.3) is 11.1 Å². The van der Waals surface area contributed by atoms with E-state index in [0.717, 1.165) is 11.5 Å². The van der Waals surface area contributed by atoms with Crippen LogP contribution in [0.5, 0.6) is 11.5 Å². The van der Waals surface area contributed by atoms with Gasteiger partial charge in [0.05, 0.1) is 0 Å². The number of benzene rings is 2. The van der Waals surface area contributed by atoms with Crippen molar-refractivity contribution in [2.75, 3.05) is 7.11 Å². The number of aryl methyl sites for hydroxylation is 1. The summed E-state index contributed by atoms with van der Waals surface area (Å²) in [7, 11) is -0.361. The number of hydrogen-bond donors (Lipinski definition) is 0. The van der Waals surface area contributed by atoms with Gasteiger partial charge in [-0.2, -0.15) is 0 Å². The molecule has 0 amide bonds. The molecule has 3 heteroatoms. The number of hydrogen-bond acceptors (Lipinski definition) is 2. The molecule has 1 aliphatic rings. The van der Waals surface area contributed by atoms with Crippen molar-refractivity contribution < 1.29 is 9.47 Å². The molecular formula is C24H35O2P. The average Bonchev–Trinajstić information content (AvgIpc) is 2.87. The SMILES string of the molecule is COc1cccc(C)c1-c1cccc2c1[PH](C(C)(C)C)(C(C)(C)C)C(C)O2. The first-order chi connectivity index (χ1) is 12.5. The fraction of sp³-hybridized carbons (Fsp3) is 0.500. The van der Waals surface area contributed by atoms with E-state index in [0.29, 0.717) is 0 Å². The van der Waals surface area contributed by atoms with Gasteiger partial charge >= 0.3 is 165 Å². The van der Waals surface area contributed by atoms with E-state index in [1.807, 2.05) is 0 Å². The van der Waals surface area contributed by atoms with Crippen LogP contribution in [0.3, 0.4) is 0 Å². The molecule has 148 valence electrons. The monoisotopic (exact) mass is 386 g/mol. The summed E-state index contributed by atoms with van der Waals surface area (Å²) in [6.07, 6.45) is 0. The third-order valence-electron chi connectivity index (χ3n) is 6.42. The van der Waals surface area contributed by atoms with E-state index < -0.39 is 7.26 Å². The standard InChI is InChI=1S/C24H35O2P/c1-16-12-10-14-19(25-9)21(16)18-13-11-15-20-22(18)27(17(2)26-20,23(3,4)5)24(6,7)8/h10-15,17,27H,1-9H3. The minimum absolute atomic E-state index is 0.155. The Balaban J connectivity index is 2.46. The molecule has 0 radical (unpaired) electrons. The van der Waals surface area contributed by atoms with Crippen LogP contribution in [0.2, 0.25) is 0 Å². The summed E-state index contributed by atoms with van der Waals surface area (Å²) >= 11 is 0. The second-order valence-corrected chi connectivity index (χ2v) is 15.8. The first kappa shape index (κ1) is 20.2. The zero-order valence-corrected chi connectivity index (χ0v) is 19.4. The van der Waals surface area contributed by atoms with Gasteiger partial charge < -0.3 is 0 Å². The number of ether oxygens (including phenoxy) is 2. The zero-order valence-electron chi connectivity index (χ0n) is 18.4. The van der Waals surface area contributed by atoms with Gasteiger partial charge in [0.15, 0.2) is 0 Å².